The van der Waals surface area contributed by atoms with Crippen LogP contribution in [0.3, 0.4) is 0 Å². The van der Waals surface area contributed by atoms with Crippen LogP contribution in [-0.2, 0) is 0 Å². The van der Waals surface area contributed by atoms with E-state index < -0.39 is 0 Å². The average Bonchev–Trinajstić information content (AvgIpc) is 2.89. The largest absolute Gasteiger partial charge is 0.356 e. The van der Waals surface area contributed by atoms with Gasteiger partial charge in [-0.05, 0) is 55.7 Å². The van der Waals surface area contributed by atoms with E-state index in [1.807, 2.05) is 0 Å². The first-order valence-corrected chi connectivity index (χ1v) is 8.07. The Hall–Kier alpha value is -1.61. The van der Waals surface area contributed by atoms with Crippen molar-refractivity contribution in [1.82, 2.24) is 4.98 Å². The lowest BCUT2D eigenvalue weighted by Gasteiger charge is -2.27. The number of fused-ring (bicyclic) bond motifs is 2. The third-order valence-electron chi connectivity index (χ3n) is 5.28. The molecule has 1 aliphatic heterocycles. The number of rotatable bonds is 1. The van der Waals surface area contributed by atoms with E-state index in [9.17, 15) is 0 Å². The standard InChI is InChI=1S/C18H23N3/c1-12-8-13-4-2-3-5-17(13)20-18(12)21-10-14-6-7-16(19)9-15(14)11-21/h2-5,8,14-16H,6-7,9-11,19H2,1H3/t14-,15+,16?/m1/s1. The van der Waals surface area contributed by atoms with Gasteiger partial charge in [0.25, 0.3) is 0 Å². The van der Waals surface area contributed by atoms with Crippen molar-refractivity contribution in [2.24, 2.45) is 17.6 Å². The Morgan fingerprint density at radius 3 is 2.86 bits per heavy atom. The molecule has 2 heterocycles. The Bertz CT molecular complexity index is 667. The predicted molar refractivity (Wildman–Crippen MR) is 87.5 cm³/mol. The average molecular weight is 281 g/mol. The fraction of sp³-hybridized carbons (Fsp3) is 0.500. The number of hydrogen-bond acceptors (Lipinski definition) is 3. The lowest BCUT2D eigenvalue weighted by Crippen LogP contribution is -2.32. The number of nitrogens with two attached hydrogens (primary N) is 1. The minimum absolute atomic E-state index is 0.414. The molecule has 2 fully saturated rings. The molecular formula is C18H23N3. The highest BCUT2D eigenvalue weighted by atomic mass is 15.2. The molecule has 0 radical (unpaired) electrons. The summed E-state index contributed by atoms with van der Waals surface area (Å²) in [5, 5.41) is 1.23. The second kappa shape index (κ2) is 4.99. The molecule has 0 spiro atoms. The topological polar surface area (TPSA) is 42.2 Å². The highest BCUT2D eigenvalue weighted by Crippen LogP contribution is 2.38. The molecule has 1 aliphatic carbocycles. The molecule has 4 rings (SSSR count). The number of anilines is 1. The normalized spacial score (nSPS) is 28.9. The van der Waals surface area contributed by atoms with Crippen LogP contribution in [0.25, 0.3) is 10.9 Å². The summed E-state index contributed by atoms with van der Waals surface area (Å²) < 4.78 is 0. The van der Waals surface area contributed by atoms with Gasteiger partial charge >= 0.3 is 0 Å². The lowest BCUT2D eigenvalue weighted by molar-refractivity contribution is 0.271. The highest BCUT2D eigenvalue weighted by molar-refractivity contribution is 5.81. The van der Waals surface area contributed by atoms with E-state index in [0.29, 0.717) is 6.04 Å². The number of para-hydroxylation sites is 1. The summed E-state index contributed by atoms with van der Waals surface area (Å²) in [5.74, 6) is 2.76. The molecule has 1 aromatic carbocycles. The summed E-state index contributed by atoms with van der Waals surface area (Å²) in [6.07, 6.45) is 3.67. The molecule has 2 aliphatic rings. The first kappa shape index (κ1) is 13.1. The second-order valence-corrected chi connectivity index (χ2v) is 6.82. The summed E-state index contributed by atoms with van der Waals surface area (Å²) >= 11 is 0. The molecule has 21 heavy (non-hydrogen) atoms. The second-order valence-electron chi connectivity index (χ2n) is 6.82. The van der Waals surface area contributed by atoms with Crippen molar-refractivity contribution in [1.29, 1.82) is 0 Å². The summed E-state index contributed by atoms with van der Waals surface area (Å²) in [6.45, 7) is 4.47. The number of nitrogens with zero attached hydrogens (tertiary/aromatic N) is 2. The van der Waals surface area contributed by atoms with Crippen LogP contribution in [0.1, 0.15) is 24.8 Å². The third kappa shape index (κ3) is 2.30. The Morgan fingerprint density at radius 2 is 1.95 bits per heavy atom. The van der Waals surface area contributed by atoms with Gasteiger partial charge in [-0.2, -0.15) is 0 Å². The number of aryl methyl sites for hydroxylation is 1. The van der Waals surface area contributed by atoms with Crippen molar-refractivity contribution < 1.29 is 0 Å². The van der Waals surface area contributed by atoms with E-state index in [4.69, 9.17) is 10.7 Å². The summed E-state index contributed by atoms with van der Waals surface area (Å²) in [5.41, 5.74) is 8.54. The van der Waals surface area contributed by atoms with Crippen LogP contribution in [-0.4, -0.2) is 24.1 Å². The monoisotopic (exact) mass is 281 g/mol. The molecule has 110 valence electrons. The number of aromatic nitrogens is 1. The van der Waals surface area contributed by atoms with Crippen LogP contribution >= 0.6 is 0 Å². The van der Waals surface area contributed by atoms with Gasteiger partial charge in [-0.15, -0.1) is 0 Å². The van der Waals surface area contributed by atoms with Crippen molar-refractivity contribution >= 4 is 16.7 Å². The van der Waals surface area contributed by atoms with Gasteiger partial charge in [0.1, 0.15) is 5.82 Å². The number of pyridine rings is 1. The van der Waals surface area contributed by atoms with Crippen LogP contribution in [0.2, 0.25) is 0 Å². The first-order chi connectivity index (χ1) is 10.2. The highest BCUT2D eigenvalue weighted by Gasteiger charge is 2.37. The zero-order valence-corrected chi connectivity index (χ0v) is 12.6. The molecule has 3 heteroatoms. The molecule has 1 saturated heterocycles. The van der Waals surface area contributed by atoms with Crippen molar-refractivity contribution in [3.63, 3.8) is 0 Å². The summed E-state index contributed by atoms with van der Waals surface area (Å²) in [4.78, 5) is 7.42. The zero-order valence-electron chi connectivity index (χ0n) is 12.6. The minimum atomic E-state index is 0.414. The van der Waals surface area contributed by atoms with Gasteiger partial charge in [0.2, 0.25) is 0 Å². The molecule has 3 atom stereocenters. The van der Waals surface area contributed by atoms with Crippen LogP contribution in [0.5, 0.6) is 0 Å². The molecule has 0 bridgehead atoms. The van der Waals surface area contributed by atoms with Crippen molar-refractivity contribution in [3.05, 3.63) is 35.9 Å². The van der Waals surface area contributed by atoms with Gasteiger partial charge in [0, 0.05) is 24.5 Å². The number of hydrogen-bond donors (Lipinski definition) is 1. The van der Waals surface area contributed by atoms with Gasteiger partial charge in [-0.3, -0.25) is 0 Å². The number of benzene rings is 1. The van der Waals surface area contributed by atoms with Crippen LogP contribution in [0.4, 0.5) is 5.82 Å². The van der Waals surface area contributed by atoms with Gasteiger partial charge in [0.15, 0.2) is 0 Å². The molecule has 1 saturated carbocycles. The van der Waals surface area contributed by atoms with Crippen molar-refractivity contribution in [2.75, 3.05) is 18.0 Å². The molecule has 1 aromatic heterocycles. The zero-order chi connectivity index (χ0) is 14.4. The Balaban J connectivity index is 1.66. The maximum atomic E-state index is 6.14. The van der Waals surface area contributed by atoms with E-state index in [1.165, 1.54) is 36.0 Å². The third-order valence-corrected chi connectivity index (χ3v) is 5.28. The van der Waals surface area contributed by atoms with E-state index >= 15 is 0 Å². The SMILES string of the molecule is Cc1cc2ccccc2nc1N1C[C@H]2CCC(N)C[C@H]2C1. The summed E-state index contributed by atoms with van der Waals surface area (Å²) in [6, 6.07) is 11.1. The maximum Gasteiger partial charge on any atom is 0.132 e. The quantitative estimate of drug-likeness (QED) is 0.873. The molecule has 1 unspecified atom stereocenters. The molecule has 3 nitrogen and oxygen atoms in total. The van der Waals surface area contributed by atoms with Crippen LogP contribution < -0.4 is 10.6 Å². The van der Waals surface area contributed by atoms with Crippen molar-refractivity contribution in [3.8, 4) is 0 Å². The Labute approximate surface area is 126 Å². The molecule has 2 N–H and O–H groups in total. The van der Waals surface area contributed by atoms with Gasteiger partial charge in [-0.25, -0.2) is 4.98 Å². The summed E-state index contributed by atoms with van der Waals surface area (Å²) in [7, 11) is 0. The van der Waals surface area contributed by atoms with Gasteiger partial charge in [-0.1, -0.05) is 18.2 Å². The van der Waals surface area contributed by atoms with Crippen molar-refractivity contribution in [2.45, 2.75) is 32.2 Å². The van der Waals surface area contributed by atoms with Gasteiger partial charge < -0.3 is 10.6 Å². The van der Waals surface area contributed by atoms with Crippen LogP contribution in [0.15, 0.2) is 30.3 Å². The van der Waals surface area contributed by atoms with E-state index in [1.54, 1.807) is 0 Å². The molecular weight excluding hydrogens is 258 g/mol. The van der Waals surface area contributed by atoms with E-state index in [-0.39, 0.29) is 0 Å². The molecule has 2 aromatic rings. The lowest BCUT2D eigenvalue weighted by atomic mass is 9.79. The van der Waals surface area contributed by atoms with Crippen LogP contribution in [0, 0.1) is 18.8 Å². The fourth-order valence-corrected chi connectivity index (χ4v) is 4.17. The Morgan fingerprint density at radius 1 is 1.14 bits per heavy atom. The first-order valence-electron chi connectivity index (χ1n) is 8.07. The molecule has 0 amide bonds. The fourth-order valence-electron chi connectivity index (χ4n) is 4.17. The predicted octanol–water partition coefficient (Wildman–Crippen LogP) is 3.11. The Kier molecular flexibility index (Phi) is 3.11. The smallest absolute Gasteiger partial charge is 0.132 e. The van der Waals surface area contributed by atoms with E-state index in [2.05, 4.69) is 42.2 Å². The van der Waals surface area contributed by atoms with Gasteiger partial charge in [0.05, 0.1) is 5.52 Å². The minimum Gasteiger partial charge on any atom is -0.356 e. The van der Waals surface area contributed by atoms with E-state index in [0.717, 1.165) is 30.4 Å². The maximum absolute atomic E-state index is 6.14.